The van der Waals surface area contributed by atoms with E-state index in [1.54, 1.807) is 12.1 Å². The average Bonchev–Trinajstić information content (AvgIpc) is 3.09. The van der Waals surface area contributed by atoms with E-state index >= 15 is 0 Å². The summed E-state index contributed by atoms with van der Waals surface area (Å²) in [5.41, 5.74) is 7.08. The molecule has 0 heterocycles. The number of aliphatic hydroxyl groups is 1. The van der Waals surface area contributed by atoms with Gasteiger partial charge < -0.3 is 20.8 Å². The average molecular weight is 236 g/mol. The first-order valence-electron chi connectivity index (χ1n) is 5.64. The summed E-state index contributed by atoms with van der Waals surface area (Å²) < 4.78 is 0. The highest BCUT2D eigenvalue weighted by molar-refractivity contribution is 5.95. The molecule has 0 aromatic heterocycles. The number of carboxylic acid groups (broad SMARTS) is 1. The smallest absolute Gasteiger partial charge is 0.337 e. The monoisotopic (exact) mass is 236 g/mol. The maximum Gasteiger partial charge on any atom is 0.337 e. The topological polar surface area (TPSA) is 86.8 Å². The number of benzene rings is 1. The van der Waals surface area contributed by atoms with Crippen LogP contribution in [-0.4, -0.2) is 35.4 Å². The van der Waals surface area contributed by atoms with Crippen molar-refractivity contribution in [3.8, 4) is 0 Å². The fourth-order valence-corrected chi connectivity index (χ4v) is 1.96. The maximum absolute atomic E-state index is 11.2. The summed E-state index contributed by atoms with van der Waals surface area (Å²) in [5.74, 6) is -0.969. The Morgan fingerprint density at radius 3 is 2.71 bits per heavy atom. The van der Waals surface area contributed by atoms with E-state index in [0.29, 0.717) is 24.0 Å². The van der Waals surface area contributed by atoms with Crippen molar-refractivity contribution in [2.24, 2.45) is 0 Å². The lowest BCUT2D eigenvalue weighted by atomic mass is 10.1. The van der Waals surface area contributed by atoms with Crippen molar-refractivity contribution in [3.05, 3.63) is 23.8 Å². The minimum absolute atomic E-state index is 0.00432. The number of hydrogen-bond donors (Lipinski definition) is 3. The van der Waals surface area contributed by atoms with Crippen LogP contribution in [0.25, 0.3) is 0 Å². The molecule has 0 saturated heterocycles. The minimum atomic E-state index is -0.969. The number of aliphatic hydroxyl groups excluding tert-OH is 1. The van der Waals surface area contributed by atoms with Crippen LogP contribution in [-0.2, 0) is 0 Å². The van der Waals surface area contributed by atoms with Gasteiger partial charge in [-0.2, -0.15) is 0 Å². The molecule has 0 radical (unpaired) electrons. The molecule has 2 rings (SSSR count). The lowest BCUT2D eigenvalue weighted by Crippen LogP contribution is -2.30. The van der Waals surface area contributed by atoms with E-state index in [1.807, 2.05) is 4.90 Å². The molecule has 4 N–H and O–H groups in total. The summed E-state index contributed by atoms with van der Waals surface area (Å²) in [6.07, 6.45) is 2.07. The summed E-state index contributed by atoms with van der Waals surface area (Å²) >= 11 is 0. The molecule has 5 heteroatoms. The molecule has 0 aliphatic heterocycles. The van der Waals surface area contributed by atoms with Crippen molar-refractivity contribution in [1.29, 1.82) is 0 Å². The Labute approximate surface area is 99.5 Å². The quantitative estimate of drug-likeness (QED) is 0.662. The molecule has 1 fully saturated rings. The van der Waals surface area contributed by atoms with E-state index in [2.05, 4.69) is 0 Å². The zero-order chi connectivity index (χ0) is 12.4. The largest absolute Gasteiger partial charge is 0.478 e. The van der Waals surface area contributed by atoms with Gasteiger partial charge in [-0.3, -0.25) is 0 Å². The van der Waals surface area contributed by atoms with Gasteiger partial charge in [-0.1, -0.05) is 0 Å². The second kappa shape index (κ2) is 4.63. The zero-order valence-electron chi connectivity index (χ0n) is 9.47. The van der Waals surface area contributed by atoms with Gasteiger partial charge in [-0.15, -0.1) is 0 Å². The van der Waals surface area contributed by atoms with Crippen molar-refractivity contribution in [3.63, 3.8) is 0 Å². The van der Waals surface area contributed by atoms with E-state index in [0.717, 1.165) is 12.8 Å². The highest BCUT2D eigenvalue weighted by atomic mass is 16.4. The number of nitrogens with two attached hydrogens (primary N) is 1. The first-order chi connectivity index (χ1) is 8.13. The fourth-order valence-electron chi connectivity index (χ4n) is 1.96. The van der Waals surface area contributed by atoms with Gasteiger partial charge in [-0.25, -0.2) is 4.79 Å². The molecule has 1 aromatic carbocycles. The molecule has 5 nitrogen and oxygen atoms in total. The Kier molecular flexibility index (Phi) is 3.19. The van der Waals surface area contributed by atoms with Crippen LogP contribution >= 0.6 is 0 Å². The Hall–Kier alpha value is -1.75. The second-order valence-electron chi connectivity index (χ2n) is 4.23. The Balaban J connectivity index is 2.39. The highest BCUT2D eigenvalue weighted by Gasteiger charge is 2.31. The van der Waals surface area contributed by atoms with Gasteiger partial charge in [0.1, 0.15) is 0 Å². The van der Waals surface area contributed by atoms with Crippen LogP contribution in [0.1, 0.15) is 23.2 Å². The Bertz CT molecular complexity index is 430. The van der Waals surface area contributed by atoms with Gasteiger partial charge in [0.25, 0.3) is 0 Å². The Morgan fingerprint density at radius 2 is 2.18 bits per heavy atom. The zero-order valence-corrected chi connectivity index (χ0v) is 9.47. The van der Waals surface area contributed by atoms with E-state index in [-0.39, 0.29) is 12.2 Å². The van der Waals surface area contributed by atoms with Crippen LogP contribution in [0.3, 0.4) is 0 Å². The summed E-state index contributed by atoms with van der Waals surface area (Å²) in [7, 11) is 0. The van der Waals surface area contributed by atoms with E-state index in [9.17, 15) is 4.79 Å². The summed E-state index contributed by atoms with van der Waals surface area (Å²) in [6.45, 7) is 0.443. The van der Waals surface area contributed by atoms with Gasteiger partial charge in [0.05, 0.1) is 17.9 Å². The summed E-state index contributed by atoms with van der Waals surface area (Å²) in [6, 6.07) is 5.09. The fraction of sp³-hybridized carbons (Fsp3) is 0.417. The number of aromatic carboxylic acids is 1. The van der Waals surface area contributed by atoms with E-state index in [4.69, 9.17) is 15.9 Å². The molecule has 92 valence electrons. The van der Waals surface area contributed by atoms with Crippen molar-refractivity contribution < 1.29 is 15.0 Å². The molecule has 1 saturated carbocycles. The molecular weight excluding hydrogens is 220 g/mol. The summed E-state index contributed by atoms with van der Waals surface area (Å²) in [5, 5.41) is 18.2. The first-order valence-corrected chi connectivity index (χ1v) is 5.64. The molecule has 1 aliphatic carbocycles. The maximum atomic E-state index is 11.2. The van der Waals surface area contributed by atoms with Gasteiger partial charge >= 0.3 is 5.97 Å². The number of carbonyl (C=O) groups is 1. The third-order valence-corrected chi connectivity index (χ3v) is 2.89. The predicted octanol–water partition coefficient (Wildman–Crippen LogP) is 0.928. The van der Waals surface area contributed by atoms with Gasteiger partial charge in [0.15, 0.2) is 0 Å². The van der Waals surface area contributed by atoms with Crippen LogP contribution in [0.15, 0.2) is 18.2 Å². The minimum Gasteiger partial charge on any atom is -0.478 e. The van der Waals surface area contributed by atoms with Crippen molar-refractivity contribution in [1.82, 2.24) is 0 Å². The predicted molar refractivity (Wildman–Crippen MR) is 65.3 cm³/mol. The summed E-state index contributed by atoms with van der Waals surface area (Å²) in [4.78, 5) is 13.1. The molecule has 0 spiro atoms. The SMILES string of the molecule is Nc1ccc(C(=O)O)c(N(CCO)C2CC2)c1. The van der Waals surface area contributed by atoms with Crippen LogP contribution < -0.4 is 10.6 Å². The number of rotatable bonds is 5. The standard InChI is InChI=1S/C12H16N2O3/c13-8-1-4-10(12(16)17)11(7-8)14(5-6-15)9-2-3-9/h1,4,7,9,15H,2-3,5-6,13H2,(H,16,17). The molecule has 0 atom stereocenters. The third kappa shape index (κ3) is 2.50. The third-order valence-electron chi connectivity index (χ3n) is 2.89. The van der Waals surface area contributed by atoms with E-state index in [1.165, 1.54) is 6.07 Å². The lowest BCUT2D eigenvalue weighted by Gasteiger charge is -2.25. The molecule has 1 aliphatic rings. The number of nitrogens with zero attached hydrogens (tertiary/aromatic N) is 1. The molecule has 0 amide bonds. The highest BCUT2D eigenvalue weighted by Crippen LogP contribution is 2.34. The van der Waals surface area contributed by atoms with Crippen molar-refractivity contribution in [2.45, 2.75) is 18.9 Å². The second-order valence-corrected chi connectivity index (χ2v) is 4.23. The molecule has 0 bridgehead atoms. The van der Waals surface area contributed by atoms with Gasteiger partial charge in [0.2, 0.25) is 0 Å². The first kappa shape index (κ1) is 11.7. The van der Waals surface area contributed by atoms with Gasteiger partial charge in [0, 0.05) is 18.3 Å². The molecule has 0 unspecified atom stereocenters. The number of nitrogen functional groups attached to an aromatic ring is 1. The van der Waals surface area contributed by atoms with Crippen molar-refractivity contribution in [2.75, 3.05) is 23.8 Å². The van der Waals surface area contributed by atoms with Crippen molar-refractivity contribution >= 4 is 17.3 Å². The van der Waals surface area contributed by atoms with Crippen LogP contribution in [0.4, 0.5) is 11.4 Å². The van der Waals surface area contributed by atoms with Crippen LogP contribution in [0, 0.1) is 0 Å². The van der Waals surface area contributed by atoms with Gasteiger partial charge in [-0.05, 0) is 31.0 Å². The molecule has 1 aromatic rings. The molecular formula is C12H16N2O3. The van der Waals surface area contributed by atoms with Crippen LogP contribution in [0.5, 0.6) is 0 Å². The number of hydrogen-bond acceptors (Lipinski definition) is 4. The van der Waals surface area contributed by atoms with Crippen LogP contribution in [0.2, 0.25) is 0 Å². The lowest BCUT2D eigenvalue weighted by molar-refractivity contribution is 0.0697. The molecule has 17 heavy (non-hydrogen) atoms. The Morgan fingerprint density at radius 1 is 1.47 bits per heavy atom. The number of anilines is 2. The van der Waals surface area contributed by atoms with E-state index < -0.39 is 5.97 Å². The normalized spacial score (nSPS) is 14.6. The number of carboxylic acids is 1.